The standard InChI is InChI=1S/C15H18O3/c1-2-17-15(16)13(14-9-6-10-18-14)11-12-7-4-3-5-8-12/h3-5,7-8,11,14H,2,6,9-10H2,1H3/b13-11+. The van der Waals surface area contributed by atoms with Crippen molar-refractivity contribution in [3.05, 3.63) is 41.5 Å². The molecule has 0 radical (unpaired) electrons. The molecule has 3 heteroatoms. The smallest absolute Gasteiger partial charge is 0.336 e. The summed E-state index contributed by atoms with van der Waals surface area (Å²) >= 11 is 0. The van der Waals surface area contributed by atoms with Crippen LogP contribution in [0.15, 0.2) is 35.9 Å². The van der Waals surface area contributed by atoms with Crippen LogP contribution >= 0.6 is 0 Å². The zero-order valence-corrected chi connectivity index (χ0v) is 10.6. The van der Waals surface area contributed by atoms with Gasteiger partial charge in [-0.05, 0) is 31.4 Å². The summed E-state index contributed by atoms with van der Waals surface area (Å²) < 4.78 is 10.7. The summed E-state index contributed by atoms with van der Waals surface area (Å²) in [6, 6.07) is 9.78. The third-order valence-electron chi connectivity index (χ3n) is 2.91. The maximum atomic E-state index is 12.0. The molecule has 0 aliphatic carbocycles. The molecule has 0 saturated carbocycles. The number of carbonyl (C=O) groups is 1. The Bertz CT molecular complexity index is 417. The molecule has 96 valence electrons. The highest BCUT2D eigenvalue weighted by molar-refractivity contribution is 5.94. The quantitative estimate of drug-likeness (QED) is 0.605. The summed E-state index contributed by atoms with van der Waals surface area (Å²) in [6.45, 7) is 2.92. The molecule has 1 saturated heterocycles. The fourth-order valence-corrected chi connectivity index (χ4v) is 2.05. The van der Waals surface area contributed by atoms with E-state index in [0.717, 1.165) is 25.0 Å². The Hall–Kier alpha value is -1.61. The van der Waals surface area contributed by atoms with E-state index in [0.29, 0.717) is 12.2 Å². The van der Waals surface area contributed by atoms with E-state index in [9.17, 15) is 4.79 Å². The van der Waals surface area contributed by atoms with Gasteiger partial charge in [0.1, 0.15) is 0 Å². The normalized spacial score (nSPS) is 19.8. The van der Waals surface area contributed by atoms with Crippen molar-refractivity contribution in [3.8, 4) is 0 Å². The molecular weight excluding hydrogens is 228 g/mol. The molecule has 1 atom stereocenters. The molecule has 0 bridgehead atoms. The Labute approximate surface area is 107 Å². The molecule has 0 amide bonds. The number of hydrogen-bond acceptors (Lipinski definition) is 3. The first-order chi connectivity index (χ1) is 8.81. The first-order valence-electron chi connectivity index (χ1n) is 6.36. The Morgan fingerprint density at radius 3 is 2.83 bits per heavy atom. The topological polar surface area (TPSA) is 35.5 Å². The van der Waals surface area contributed by atoms with E-state index >= 15 is 0 Å². The minimum atomic E-state index is -0.270. The molecule has 0 N–H and O–H groups in total. The van der Waals surface area contributed by atoms with Gasteiger partial charge in [0.15, 0.2) is 0 Å². The second-order valence-electron chi connectivity index (χ2n) is 4.23. The van der Waals surface area contributed by atoms with Gasteiger partial charge in [-0.15, -0.1) is 0 Å². The first kappa shape index (κ1) is 12.8. The second kappa shape index (κ2) is 6.36. The third kappa shape index (κ3) is 3.20. The van der Waals surface area contributed by atoms with Gasteiger partial charge in [-0.1, -0.05) is 30.3 Å². The van der Waals surface area contributed by atoms with Gasteiger partial charge in [-0.2, -0.15) is 0 Å². The van der Waals surface area contributed by atoms with Crippen LogP contribution in [0.3, 0.4) is 0 Å². The van der Waals surface area contributed by atoms with Gasteiger partial charge >= 0.3 is 5.97 Å². The summed E-state index contributed by atoms with van der Waals surface area (Å²) in [5.41, 5.74) is 1.62. The number of rotatable bonds is 4. The zero-order chi connectivity index (χ0) is 12.8. The maximum absolute atomic E-state index is 12.0. The summed E-state index contributed by atoms with van der Waals surface area (Å²) in [4.78, 5) is 12.0. The van der Waals surface area contributed by atoms with Crippen molar-refractivity contribution in [3.63, 3.8) is 0 Å². The fraction of sp³-hybridized carbons (Fsp3) is 0.400. The van der Waals surface area contributed by atoms with Crippen LogP contribution in [0, 0.1) is 0 Å². The minimum Gasteiger partial charge on any atom is -0.463 e. The van der Waals surface area contributed by atoms with Crippen LogP contribution < -0.4 is 0 Å². The SMILES string of the molecule is CCOC(=O)/C(=C/c1ccccc1)C1CCCO1. The molecule has 1 aliphatic rings. The molecule has 1 aliphatic heterocycles. The largest absolute Gasteiger partial charge is 0.463 e. The number of carbonyl (C=O) groups excluding carboxylic acids is 1. The Morgan fingerprint density at radius 2 is 2.22 bits per heavy atom. The molecule has 0 spiro atoms. The highest BCUT2D eigenvalue weighted by Gasteiger charge is 2.26. The van der Waals surface area contributed by atoms with Crippen molar-refractivity contribution in [2.24, 2.45) is 0 Å². The lowest BCUT2D eigenvalue weighted by Gasteiger charge is -2.13. The van der Waals surface area contributed by atoms with E-state index in [-0.39, 0.29) is 12.1 Å². The molecule has 1 unspecified atom stereocenters. The van der Waals surface area contributed by atoms with E-state index in [1.54, 1.807) is 0 Å². The predicted molar refractivity (Wildman–Crippen MR) is 70.0 cm³/mol. The number of esters is 1. The van der Waals surface area contributed by atoms with Crippen LogP contribution in [0.2, 0.25) is 0 Å². The average molecular weight is 246 g/mol. The van der Waals surface area contributed by atoms with Crippen LogP contribution in [-0.4, -0.2) is 25.3 Å². The molecular formula is C15H18O3. The van der Waals surface area contributed by atoms with Gasteiger partial charge in [-0.3, -0.25) is 0 Å². The van der Waals surface area contributed by atoms with Gasteiger partial charge in [0.25, 0.3) is 0 Å². The van der Waals surface area contributed by atoms with Crippen molar-refractivity contribution in [2.75, 3.05) is 13.2 Å². The molecule has 1 aromatic rings. The first-order valence-corrected chi connectivity index (χ1v) is 6.36. The Kier molecular flexibility index (Phi) is 4.53. The highest BCUT2D eigenvalue weighted by atomic mass is 16.5. The molecule has 0 aromatic heterocycles. The molecule has 1 fully saturated rings. The van der Waals surface area contributed by atoms with Gasteiger partial charge in [0.05, 0.1) is 18.3 Å². The average Bonchev–Trinajstić information content (AvgIpc) is 2.91. The Balaban J connectivity index is 2.23. The predicted octanol–water partition coefficient (Wildman–Crippen LogP) is 2.81. The zero-order valence-electron chi connectivity index (χ0n) is 10.6. The van der Waals surface area contributed by atoms with Crippen molar-refractivity contribution in [2.45, 2.75) is 25.9 Å². The van der Waals surface area contributed by atoms with Crippen LogP contribution in [0.25, 0.3) is 6.08 Å². The van der Waals surface area contributed by atoms with Gasteiger partial charge in [-0.25, -0.2) is 4.79 Å². The molecule has 1 aromatic carbocycles. The molecule has 18 heavy (non-hydrogen) atoms. The van der Waals surface area contributed by atoms with Crippen molar-refractivity contribution in [1.82, 2.24) is 0 Å². The van der Waals surface area contributed by atoms with Crippen LogP contribution in [0.5, 0.6) is 0 Å². The molecule has 3 nitrogen and oxygen atoms in total. The number of hydrogen-bond donors (Lipinski definition) is 0. The van der Waals surface area contributed by atoms with Crippen LogP contribution in [0.4, 0.5) is 0 Å². The van der Waals surface area contributed by atoms with Crippen molar-refractivity contribution < 1.29 is 14.3 Å². The highest BCUT2D eigenvalue weighted by Crippen LogP contribution is 2.23. The summed E-state index contributed by atoms with van der Waals surface area (Å²) in [7, 11) is 0. The van der Waals surface area contributed by atoms with E-state index in [4.69, 9.17) is 9.47 Å². The van der Waals surface area contributed by atoms with Gasteiger partial charge in [0, 0.05) is 6.61 Å². The second-order valence-corrected chi connectivity index (χ2v) is 4.23. The third-order valence-corrected chi connectivity index (χ3v) is 2.91. The summed E-state index contributed by atoms with van der Waals surface area (Å²) in [5.74, 6) is -0.270. The van der Waals surface area contributed by atoms with Gasteiger partial charge in [0.2, 0.25) is 0 Å². The van der Waals surface area contributed by atoms with Crippen molar-refractivity contribution in [1.29, 1.82) is 0 Å². The number of benzene rings is 1. The van der Waals surface area contributed by atoms with Crippen LogP contribution in [0.1, 0.15) is 25.3 Å². The van der Waals surface area contributed by atoms with E-state index < -0.39 is 0 Å². The fourth-order valence-electron chi connectivity index (χ4n) is 2.05. The van der Waals surface area contributed by atoms with Gasteiger partial charge < -0.3 is 9.47 Å². The lowest BCUT2D eigenvalue weighted by Crippen LogP contribution is -2.19. The van der Waals surface area contributed by atoms with E-state index in [1.807, 2.05) is 43.3 Å². The maximum Gasteiger partial charge on any atom is 0.336 e. The van der Waals surface area contributed by atoms with E-state index in [1.165, 1.54) is 0 Å². The molecule has 1 heterocycles. The lowest BCUT2D eigenvalue weighted by atomic mass is 10.0. The minimum absolute atomic E-state index is 0.121. The Morgan fingerprint density at radius 1 is 1.44 bits per heavy atom. The van der Waals surface area contributed by atoms with Crippen LogP contribution in [-0.2, 0) is 14.3 Å². The number of ether oxygens (including phenoxy) is 2. The molecule has 2 rings (SSSR count). The summed E-state index contributed by atoms with van der Waals surface area (Å²) in [6.07, 6.45) is 3.63. The summed E-state index contributed by atoms with van der Waals surface area (Å²) in [5, 5.41) is 0. The lowest BCUT2D eigenvalue weighted by molar-refractivity contribution is -0.139. The van der Waals surface area contributed by atoms with Crippen molar-refractivity contribution >= 4 is 12.0 Å². The monoisotopic (exact) mass is 246 g/mol. The van der Waals surface area contributed by atoms with E-state index in [2.05, 4.69) is 0 Å².